The number of methoxy groups -OCH3 is 1. The number of ether oxygens (including phenoxy) is 2. The third kappa shape index (κ3) is 4.73. The standard InChI is InChI=1S/C21H25N5O5S2/c1-30-18-5-4-16-20(24-18)32-21(23-16)25-19(27)17(10-13-6-8-31-9-7-13)26-12-15(11-22-26)33(28,29)14-2-3-14/h4-5,11-14,17H,2-3,6-10H2,1H3,(H,23,25,27)/t17-/m1/s1. The van der Waals surface area contributed by atoms with Crippen LogP contribution in [0.2, 0.25) is 0 Å². The van der Waals surface area contributed by atoms with Crippen LogP contribution < -0.4 is 10.1 Å². The van der Waals surface area contributed by atoms with Crippen molar-refractivity contribution in [1.82, 2.24) is 19.7 Å². The Kier molecular flexibility index (Phi) is 6.06. The van der Waals surface area contributed by atoms with Gasteiger partial charge in [0.15, 0.2) is 15.0 Å². The van der Waals surface area contributed by atoms with Gasteiger partial charge in [-0.3, -0.25) is 9.48 Å². The smallest absolute Gasteiger partial charge is 0.251 e. The molecule has 33 heavy (non-hydrogen) atoms. The fraction of sp³-hybridized carbons (Fsp3) is 0.524. The first-order valence-corrected chi connectivity index (χ1v) is 13.3. The van der Waals surface area contributed by atoms with Gasteiger partial charge in [0.1, 0.15) is 21.3 Å². The first-order valence-electron chi connectivity index (χ1n) is 10.9. The van der Waals surface area contributed by atoms with Gasteiger partial charge in [-0.05, 0) is 44.1 Å². The molecule has 3 aromatic heterocycles. The molecule has 1 amide bonds. The Morgan fingerprint density at radius 1 is 1.27 bits per heavy atom. The molecule has 0 bridgehead atoms. The zero-order valence-corrected chi connectivity index (χ0v) is 19.8. The third-order valence-electron chi connectivity index (χ3n) is 6.06. The van der Waals surface area contributed by atoms with Crippen molar-refractivity contribution in [3.05, 3.63) is 24.5 Å². The van der Waals surface area contributed by atoms with Crippen molar-refractivity contribution < 1.29 is 22.7 Å². The number of nitrogens with zero attached hydrogens (tertiary/aromatic N) is 4. The summed E-state index contributed by atoms with van der Waals surface area (Å²) in [6, 6.07) is 2.84. The largest absolute Gasteiger partial charge is 0.481 e. The van der Waals surface area contributed by atoms with Crippen molar-refractivity contribution in [2.24, 2.45) is 5.92 Å². The van der Waals surface area contributed by atoms with Gasteiger partial charge in [0.05, 0.1) is 18.6 Å². The van der Waals surface area contributed by atoms with E-state index in [1.807, 2.05) is 0 Å². The molecule has 176 valence electrons. The molecule has 0 spiro atoms. The van der Waals surface area contributed by atoms with Gasteiger partial charge in [-0.15, -0.1) is 0 Å². The van der Waals surface area contributed by atoms with Gasteiger partial charge >= 0.3 is 0 Å². The summed E-state index contributed by atoms with van der Waals surface area (Å²) in [5.41, 5.74) is 0.661. The first-order chi connectivity index (χ1) is 15.9. The molecule has 0 unspecified atom stereocenters. The molecule has 1 atom stereocenters. The quantitative estimate of drug-likeness (QED) is 0.510. The Morgan fingerprint density at radius 3 is 2.79 bits per heavy atom. The molecule has 1 saturated carbocycles. The van der Waals surface area contributed by atoms with Crippen molar-refractivity contribution in [3.8, 4) is 5.88 Å². The number of hydrogen-bond donors (Lipinski definition) is 1. The predicted molar refractivity (Wildman–Crippen MR) is 122 cm³/mol. The van der Waals surface area contributed by atoms with Gasteiger partial charge in [-0.25, -0.2) is 18.4 Å². The van der Waals surface area contributed by atoms with Gasteiger partial charge in [0, 0.05) is 25.5 Å². The highest BCUT2D eigenvalue weighted by atomic mass is 32.2. The van der Waals surface area contributed by atoms with Crippen LogP contribution >= 0.6 is 11.3 Å². The zero-order valence-electron chi connectivity index (χ0n) is 18.1. The van der Waals surface area contributed by atoms with Crippen LogP contribution in [0.15, 0.2) is 29.4 Å². The van der Waals surface area contributed by atoms with E-state index in [2.05, 4.69) is 20.4 Å². The summed E-state index contributed by atoms with van der Waals surface area (Å²) >= 11 is 1.26. The molecular weight excluding hydrogens is 466 g/mol. The van der Waals surface area contributed by atoms with E-state index in [0.29, 0.717) is 53.8 Å². The number of nitrogens with one attached hydrogen (secondary N) is 1. The number of amides is 1. The summed E-state index contributed by atoms with van der Waals surface area (Å²) < 4.78 is 37.4. The number of carbonyl (C=O) groups excluding carboxylic acids is 1. The molecule has 4 heterocycles. The molecule has 0 aromatic carbocycles. The maximum absolute atomic E-state index is 13.4. The molecule has 5 rings (SSSR count). The van der Waals surface area contributed by atoms with E-state index in [1.165, 1.54) is 28.4 Å². The minimum Gasteiger partial charge on any atom is -0.481 e. The summed E-state index contributed by atoms with van der Waals surface area (Å²) in [6.45, 7) is 1.32. The van der Waals surface area contributed by atoms with Crippen LogP contribution in [0.4, 0.5) is 5.13 Å². The van der Waals surface area contributed by atoms with E-state index < -0.39 is 15.9 Å². The van der Waals surface area contributed by atoms with Crippen LogP contribution in [-0.2, 0) is 19.4 Å². The second-order valence-corrected chi connectivity index (χ2v) is 11.6. The lowest BCUT2D eigenvalue weighted by molar-refractivity contribution is -0.120. The number of carbonyl (C=O) groups is 1. The van der Waals surface area contributed by atoms with Crippen LogP contribution in [0.3, 0.4) is 0 Å². The summed E-state index contributed by atoms with van der Waals surface area (Å²) in [6.07, 6.45) is 6.43. The van der Waals surface area contributed by atoms with Gasteiger partial charge in [0.25, 0.3) is 5.91 Å². The lowest BCUT2D eigenvalue weighted by Gasteiger charge is -2.26. The monoisotopic (exact) mass is 491 g/mol. The molecule has 1 aliphatic heterocycles. The fourth-order valence-electron chi connectivity index (χ4n) is 4.00. The number of hydrogen-bond acceptors (Lipinski definition) is 9. The topological polar surface area (TPSA) is 125 Å². The highest BCUT2D eigenvalue weighted by molar-refractivity contribution is 7.92. The molecule has 0 radical (unpaired) electrons. The van der Waals surface area contributed by atoms with E-state index in [-0.39, 0.29) is 22.0 Å². The summed E-state index contributed by atoms with van der Waals surface area (Å²) in [5.74, 6) is 0.469. The number of pyridine rings is 1. The average molecular weight is 492 g/mol. The minimum atomic E-state index is -3.39. The lowest BCUT2D eigenvalue weighted by Crippen LogP contribution is -2.30. The maximum Gasteiger partial charge on any atom is 0.251 e. The normalized spacial score (nSPS) is 18.3. The van der Waals surface area contributed by atoms with E-state index >= 15 is 0 Å². The van der Waals surface area contributed by atoms with Crippen LogP contribution in [0.5, 0.6) is 5.88 Å². The Bertz CT molecular complexity index is 1260. The maximum atomic E-state index is 13.4. The second-order valence-electron chi connectivity index (χ2n) is 8.39. The van der Waals surface area contributed by atoms with Crippen molar-refractivity contribution in [2.75, 3.05) is 25.6 Å². The molecule has 10 nitrogen and oxygen atoms in total. The molecule has 1 saturated heterocycles. The highest BCUT2D eigenvalue weighted by Crippen LogP contribution is 2.34. The molecule has 12 heteroatoms. The summed E-state index contributed by atoms with van der Waals surface area (Å²) in [4.78, 5) is 23.0. The molecule has 1 aliphatic carbocycles. The van der Waals surface area contributed by atoms with Crippen molar-refractivity contribution >= 4 is 42.6 Å². The Labute approximate surface area is 195 Å². The Morgan fingerprint density at radius 2 is 2.06 bits per heavy atom. The van der Waals surface area contributed by atoms with Crippen molar-refractivity contribution in [2.45, 2.75) is 48.3 Å². The Balaban J connectivity index is 1.40. The SMILES string of the molecule is COc1ccc2nc(NC(=O)[C@@H](CC3CCOCC3)n3cc(S(=O)(=O)C4CC4)cn3)sc2n1. The fourth-order valence-corrected chi connectivity index (χ4v) is 6.42. The van der Waals surface area contributed by atoms with Gasteiger partial charge < -0.3 is 14.8 Å². The number of rotatable bonds is 8. The first kappa shape index (κ1) is 22.2. The number of thiazole rings is 1. The van der Waals surface area contributed by atoms with E-state index in [9.17, 15) is 13.2 Å². The third-order valence-corrected chi connectivity index (χ3v) is 9.16. The molecule has 2 aliphatic rings. The van der Waals surface area contributed by atoms with Crippen LogP contribution in [0.1, 0.15) is 38.1 Å². The predicted octanol–water partition coefficient (Wildman–Crippen LogP) is 2.83. The van der Waals surface area contributed by atoms with Crippen LogP contribution in [0, 0.1) is 5.92 Å². The van der Waals surface area contributed by atoms with Crippen molar-refractivity contribution in [1.29, 1.82) is 0 Å². The van der Waals surface area contributed by atoms with E-state index in [1.54, 1.807) is 19.2 Å². The lowest BCUT2D eigenvalue weighted by atomic mass is 9.92. The van der Waals surface area contributed by atoms with Gasteiger partial charge in [0.2, 0.25) is 5.88 Å². The second kappa shape index (κ2) is 8.99. The molecular formula is C21H25N5O5S2. The Hall–Kier alpha value is -2.57. The number of fused-ring (bicyclic) bond motifs is 1. The van der Waals surface area contributed by atoms with Crippen molar-refractivity contribution in [3.63, 3.8) is 0 Å². The van der Waals surface area contributed by atoms with E-state index in [4.69, 9.17) is 9.47 Å². The number of sulfone groups is 1. The molecule has 3 aromatic rings. The van der Waals surface area contributed by atoms with Crippen LogP contribution in [-0.4, -0.2) is 59.6 Å². The molecule has 1 N–H and O–H groups in total. The highest BCUT2D eigenvalue weighted by Gasteiger charge is 2.38. The number of aromatic nitrogens is 4. The molecule has 2 fully saturated rings. The summed E-state index contributed by atoms with van der Waals surface area (Å²) in [5, 5.41) is 7.27. The van der Waals surface area contributed by atoms with Crippen LogP contribution in [0.25, 0.3) is 10.3 Å². The average Bonchev–Trinajstić information content (AvgIpc) is 3.44. The minimum absolute atomic E-state index is 0.172. The van der Waals surface area contributed by atoms with Gasteiger partial charge in [-0.2, -0.15) is 5.10 Å². The summed E-state index contributed by atoms with van der Waals surface area (Å²) in [7, 11) is -1.84. The number of anilines is 1. The van der Waals surface area contributed by atoms with E-state index in [0.717, 1.165) is 12.8 Å². The van der Waals surface area contributed by atoms with Gasteiger partial charge in [-0.1, -0.05) is 11.3 Å². The zero-order chi connectivity index (χ0) is 23.0.